The van der Waals surface area contributed by atoms with Crippen LogP contribution in [-0.4, -0.2) is 22.0 Å². The van der Waals surface area contributed by atoms with E-state index in [4.69, 9.17) is 4.52 Å². The molecule has 5 rings (SSSR count). The number of hydrogen-bond acceptors (Lipinski definition) is 6. The van der Waals surface area contributed by atoms with Gasteiger partial charge in [0.25, 0.3) is 11.6 Å². The summed E-state index contributed by atoms with van der Waals surface area (Å²) < 4.78 is 5.34. The number of aromatic nitrogens is 2. The molecule has 3 aromatic heterocycles. The molecule has 1 aliphatic carbocycles. The van der Waals surface area contributed by atoms with E-state index in [0.29, 0.717) is 34.6 Å². The number of fused-ring (bicyclic) bond motifs is 1. The molecule has 2 amide bonds. The van der Waals surface area contributed by atoms with Gasteiger partial charge in [0.2, 0.25) is 5.91 Å². The van der Waals surface area contributed by atoms with Crippen LogP contribution in [0.1, 0.15) is 34.5 Å². The normalized spacial score (nSPS) is 13.3. The van der Waals surface area contributed by atoms with E-state index in [1.54, 1.807) is 24.3 Å². The third-order valence-electron chi connectivity index (χ3n) is 5.26. The molecule has 0 spiro atoms. The average Bonchev–Trinajstić information content (AvgIpc) is 3.36. The predicted molar refractivity (Wildman–Crippen MR) is 119 cm³/mol. The van der Waals surface area contributed by atoms with Crippen molar-refractivity contribution in [2.45, 2.75) is 26.3 Å². The first-order valence-electron chi connectivity index (χ1n) is 10.1. The van der Waals surface area contributed by atoms with E-state index in [0.717, 1.165) is 29.0 Å². The summed E-state index contributed by atoms with van der Waals surface area (Å²) in [7, 11) is 0. The van der Waals surface area contributed by atoms with E-state index >= 15 is 0 Å². The number of anilines is 1. The maximum Gasteiger partial charge on any atom is 0.259 e. The second-order valence-electron chi connectivity index (χ2n) is 7.62. The molecule has 2 N–H and O–H groups in total. The van der Waals surface area contributed by atoms with Crippen molar-refractivity contribution >= 4 is 39.9 Å². The van der Waals surface area contributed by atoms with Gasteiger partial charge in [0.15, 0.2) is 0 Å². The third kappa shape index (κ3) is 4.06. The molecule has 0 radical (unpaired) electrons. The zero-order valence-electron chi connectivity index (χ0n) is 16.8. The fourth-order valence-electron chi connectivity index (χ4n) is 3.40. The summed E-state index contributed by atoms with van der Waals surface area (Å²) in [5.74, 6) is 0.0205. The van der Waals surface area contributed by atoms with Crippen molar-refractivity contribution in [1.29, 1.82) is 0 Å². The standard InChI is InChI=1S/C23H20N4O3S/c1-13-20-17(11-18(19-3-2-10-31-19)26-23(20)30-27-13)22(29)24-12-14-4-8-16(9-5-14)25-21(28)15-6-7-15/h2-5,8-11,15H,6-7,12H2,1H3,(H,24,29)(H,25,28). The Hall–Kier alpha value is -3.52. The summed E-state index contributed by atoms with van der Waals surface area (Å²) in [6.45, 7) is 2.15. The lowest BCUT2D eigenvalue weighted by molar-refractivity contribution is -0.117. The van der Waals surface area contributed by atoms with E-state index in [9.17, 15) is 9.59 Å². The SMILES string of the molecule is Cc1noc2nc(-c3cccs3)cc(C(=O)NCc3ccc(NC(=O)C4CC4)cc3)c12. The summed E-state index contributed by atoms with van der Waals surface area (Å²) in [6, 6.07) is 13.2. The van der Waals surface area contributed by atoms with Crippen molar-refractivity contribution in [3.05, 3.63) is 64.7 Å². The summed E-state index contributed by atoms with van der Waals surface area (Å²) in [6.07, 6.45) is 1.94. The molecule has 0 bridgehead atoms. The molecular formula is C23H20N4O3S. The average molecular weight is 433 g/mol. The molecule has 31 heavy (non-hydrogen) atoms. The molecule has 0 unspecified atom stereocenters. The predicted octanol–water partition coefficient (Wildman–Crippen LogP) is 4.54. The van der Waals surface area contributed by atoms with Gasteiger partial charge in [0.1, 0.15) is 0 Å². The first kappa shape index (κ1) is 19.4. The van der Waals surface area contributed by atoms with Crippen molar-refractivity contribution in [3.63, 3.8) is 0 Å². The van der Waals surface area contributed by atoms with Crippen LogP contribution >= 0.6 is 11.3 Å². The van der Waals surface area contributed by atoms with Gasteiger partial charge in [-0.25, -0.2) is 4.98 Å². The van der Waals surface area contributed by atoms with Gasteiger partial charge >= 0.3 is 0 Å². The van der Waals surface area contributed by atoms with Crippen molar-refractivity contribution < 1.29 is 14.1 Å². The molecule has 0 atom stereocenters. The highest BCUT2D eigenvalue weighted by molar-refractivity contribution is 7.13. The quantitative estimate of drug-likeness (QED) is 0.466. The largest absolute Gasteiger partial charge is 0.348 e. The van der Waals surface area contributed by atoms with Crippen LogP contribution in [-0.2, 0) is 11.3 Å². The molecule has 1 aliphatic rings. The molecule has 3 heterocycles. The number of carbonyl (C=O) groups excluding carboxylic acids is 2. The van der Waals surface area contributed by atoms with Gasteiger partial charge < -0.3 is 15.2 Å². The minimum Gasteiger partial charge on any atom is -0.348 e. The van der Waals surface area contributed by atoms with Crippen LogP contribution in [0, 0.1) is 12.8 Å². The Morgan fingerprint density at radius 2 is 2.00 bits per heavy atom. The number of nitrogens with one attached hydrogen (secondary N) is 2. The van der Waals surface area contributed by atoms with Crippen molar-refractivity contribution in [1.82, 2.24) is 15.5 Å². The Balaban J connectivity index is 1.33. The first-order chi connectivity index (χ1) is 15.1. The molecular weight excluding hydrogens is 412 g/mol. The van der Waals surface area contributed by atoms with E-state index in [1.807, 2.05) is 41.8 Å². The monoisotopic (exact) mass is 432 g/mol. The number of rotatable bonds is 6. The Morgan fingerprint density at radius 3 is 2.71 bits per heavy atom. The van der Waals surface area contributed by atoms with Crippen LogP contribution < -0.4 is 10.6 Å². The lowest BCUT2D eigenvalue weighted by Crippen LogP contribution is -2.23. The highest BCUT2D eigenvalue weighted by Gasteiger charge is 2.29. The molecule has 4 aromatic rings. The topological polar surface area (TPSA) is 97.1 Å². The fourth-order valence-corrected chi connectivity index (χ4v) is 4.08. The molecule has 1 aromatic carbocycles. The number of carbonyl (C=O) groups is 2. The van der Waals surface area contributed by atoms with E-state index in [1.165, 1.54) is 0 Å². The van der Waals surface area contributed by atoms with Crippen LogP contribution in [0.25, 0.3) is 21.7 Å². The summed E-state index contributed by atoms with van der Waals surface area (Å²) in [5, 5.41) is 12.4. The third-order valence-corrected chi connectivity index (χ3v) is 6.15. The molecule has 1 saturated carbocycles. The van der Waals surface area contributed by atoms with Gasteiger partial charge in [-0.3, -0.25) is 9.59 Å². The van der Waals surface area contributed by atoms with E-state index < -0.39 is 0 Å². The van der Waals surface area contributed by atoms with Crippen molar-refractivity contribution in [3.8, 4) is 10.6 Å². The lowest BCUT2D eigenvalue weighted by atomic mass is 10.1. The summed E-state index contributed by atoms with van der Waals surface area (Å²) in [5.41, 5.74) is 3.84. The Morgan fingerprint density at radius 1 is 1.19 bits per heavy atom. The van der Waals surface area contributed by atoms with Gasteiger partial charge in [0, 0.05) is 18.2 Å². The minimum absolute atomic E-state index is 0.0772. The summed E-state index contributed by atoms with van der Waals surface area (Å²) in [4.78, 5) is 30.4. The smallest absolute Gasteiger partial charge is 0.259 e. The van der Waals surface area contributed by atoms with Crippen LogP contribution in [0.4, 0.5) is 5.69 Å². The number of thiophene rings is 1. The summed E-state index contributed by atoms with van der Waals surface area (Å²) >= 11 is 1.55. The van der Waals surface area contributed by atoms with Crippen molar-refractivity contribution in [2.24, 2.45) is 5.92 Å². The van der Waals surface area contributed by atoms with Gasteiger partial charge in [-0.05, 0) is 55.0 Å². The zero-order chi connectivity index (χ0) is 21.4. The molecule has 8 heteroatoms. The highest BCUT2D eigenvalue weighted by atomic mass is 32.1. The van der Waals surface area contributed by atoms with Gasteiger partial charge in [-0.1, -0.05) is 23.4 Å². The van der Waals surface area contributed by atoms with Gasteiger partial charge in [0.05, 0.1) is 27.2 Å². The lowest BCUT2D eigenvalue weighted by Gasteiger charge is -2.09. The Kier molecular flexibility index (Phi) is 4.99. The Labute approximate surface area is 182 Å². The second kappa shape index (κ2) is 7.96. The molecule has 156 valence electrons. The van der Waals surface area contributed by atoms with Crippen LogP contribution in [0.15, 0.2) is 52.4 Å². The zero-order valence-corrected chi connectivity index (χ0v) is 17.7. The fraction of sp³-hybridized carbons (Fsp3) is 0.217. The number of benzene rings is 1. The molecule has 0 aliphatic heterocycles. The van der Waals surface area contributed by atoms with Gasteiger partial charge in [-0.15, -0.1) is 11.3 Å². The van der Waals surface area contributed by atoms with E-state index in [2.05, 4.69) is 20.8 Å². The molecule has 0 saturated heterocycles. The maximum atomic E-state index is 13.0. The minimum atomic E-state index is -0.220. The van der Waals surface area contributed by atoms with Crippen LogP contribution in [0.5, 0.6) is 0 Å². The number of nitrogens with zero attached hydrogens (tertiary/aromatic N) is 2. The number of aryl methyl sites for hydroxylation is 1. The number of amides is 2. The van der Waals surface area contributed by atoms with E-state index in [-0.39, 0.29) is 17.7 Å². The van der Waals surface area contributed by atoms with Crippen LogP contribution in [0.3, 0.4) is 0 Å². The number of pyridine rings is 1. The second-order valence-corrected chi connectivity index (χ2v) is 8.57. The maximum absolute atomic E-state index is 13.0. The Bertz CT molecular complexity index is 1260. The van der Waals surface area contributed by atoms with Crippen LogP contribution in [0.2, 0.25) is 0 Å². The first-order valence-corrected chi connectivity index (χ1v) is 11.0. The molecule has 7 nitrogen and oxygen atoms in total. The van der Waals surface area contributed by atoms with Gasteiger partial charge in [-0.2, -0.15) is 0 Å². The van der Waals surface area contributed by atoms with Crippen molar-refractivity contribution in [2.75, 3.05) is 5.32 Å². The number of hydrogen-bond donors (Lipinski definition) is 2. The molecule has 1 fully saturated rings. The highest BCUT2D eigenvalue weighted by Crippen LogP contribution is 2.31.